The molecule has 0 aliphatic carbocycles. The van der Waals surface area contributed by atoms with Crippen LogP contribution in [0.25, 0.3) is 11.3 Å². The first-order chi connectivity index (χ1) is 14.1. The molecule has 0 amide bonds. The summed E-state index contributed by atoms with van der Waals surface area (Å²) in [4.78, 5) is 12.2. The average Bonchev–Trinajstić information content (AvgIpc) is 3.01. The van der Waals surface area contributed by atoms with E-state index in [0.717, 1.165) is 6.92 Å². The van der Waals surface area contributed by atoms with Gasteiger partial charge in [-0.15, -0.1) is 0 Å². The van der Waals surface area contributed by atoms with Gasteiger partial charge < -0.3 is 19.5 Å². The summed E-state index contributed by atoms with van der Waals surface area (Å²) in [6.07, 6.45) is -4.40. The third-order valence-electron chi connectivity index (χ3n) is 4.20. The molecule has 30 heavy (non-hydrogen) atoms. The van der Waals surface area contributed by atoms with Gasteiger partial charge in [0.25, 0.3) is 0 Å². The van der Waals surface area contributed by atoms with Crippen molar-refractivity contribution in [3.63, 3.8) is 0 Å². The molecule has 0 aliphatic rings. The maximum Gasteiger partial charge on any atom is 0.408 e. The molecule has 1 aromatic heterocycles. The van der Waals surface area contributed by atoms with Crippen LogP contribution in [0.4, 0.5) is 18.9 Å². The predicted octanol–water partition coefficient (Wildman–Crippen LogP) is 4.40. The fourth-order valence-electron chi connectivity index (χ4n) is 2.68. The Morgan fingerprint density at radius 3 is 2.60 bits per heavy atom. The number of alkyl halides is 3. The van der Waals surface area contributed by atoms with E-state index in [4.69, 9.17) is 25.8 Å². The molecule has 0 aliphatic heterocycles. The number of halogens is 4. The van der Waals surface area contributed by atoms with Gasteiger partial charge in [0.15, 0.2) is 5.69 Å². The molecule has 0 fully saturated rings. The number of aromatic nitrogens is 2. The highest BCUT2D eigenvalue weighted by Crippen LogP contribution is 2.39. The summed E-state index contributed by atoms with van der Waals surface area (Å²) in [6.45, 7) is 3.39. The molecule has 0 bridgehead atoms. The summed E-state index contributed by atoms with van der Waals surface area (Å²) in [5, 5.41) is 6.66. The van der Waals surface area contributed by atoms with Crippen LogP contribution in [0.2, 0.25) is 5.02 Å². The Balaban J connectivity index is 2.52. The van der Waals surface area contributed by atoms with E-state index in [0.29, 0.717) is 17.9 Å². The lowest BCUT2D eigenvalue weighted by atomic mass is 10.1. The van der Waals surface area contributed by atoms with E-state index in [1.54, 1.807) is 13.0 Å². The van der Waals surface area contributed by atoms with Crippen molar-refractivity contribution in [1.82, 2.24) is 9.78 Å². The molecule has 0 spiro atoms. The van der Waals surface area contributed by atoms with Crippen LogP contribution in [0.1, 0.15) is 24.3 Å². The van der Waals surface area contributed by atoms with Gasteiger partial charge in [-0.2, -0.15) is 18.3 Å². The van der Waals surface area contributed by atoms with Crippen molar-refractivity contribution >= 4 is 23.3 Å². The molecule has 166 valence electrons. The normalized spacial score (nSPS) is 12.5. The molecule has 2 aromatic rings. The van der Waals surface area contributed by atoms with Gasteiger partial charge in [0.1, 0.15) is 16.8 Å². The molecule has 1 aromatic carbocycles. The first-order valence-corrected chi connectivity index (χ1v) is 9.45. The monoisotopic (exact) mass is 449 g/mol. The molecule has 2 rings (SSSR count). The standard InChI is InChI=1S/C19H23ClF3N3O4/c1-5-30-18(27)16-15(20)17(26(25-16)8-9-28-3)13-7-6-12(10-14(13)29-4)24-11(2)19(21,22)23/h6-7,10-11,24H,5,8-9H2,1-4H3. The van der Waals surface area contributed by atoms with E-state index in [1.165, 1.54) is 31.0 Å². The molecular weight excluding hydrogens is 427 g/mol. The molecule has 0 saturated heterocycles. The number of benzene rings is 1. The van der Waals surface area contributed by atoms with E-state index in [-0.39, 0.29) is 35.3 Å². The number of methoxy groups -OCH3 is 2. The fourth-order valence-corrected chi connectivity index (χ4v) is 2.99. The smallest absolute Gasteiger partial charge is 0.408 e. The molecule has 11 heteroatoms. The number of nitrogens with one attached hydrogen (secondary N) is 1. The summed E-state index contributed by atoms with van der Waals surface area (Å²) in [7, 11) is 2.89. The van der Waals surface area contributed by atoms with E-state index < -0.39 is 18.2 Å². The van der Waals surface area contributed by atoms with Crippen LogP contribution in [-0.4, -0.2) is 55.4 Å². The zero-order valence-electron chi connectivity index (χ0n) is 17.0. The number of hydrogen-bond donors (Lipinski definition) is 1. The van der Waals surface area contributed by atoms with Crippen LogP contribution in [0.5, 0.6) is 5.75 Å². The molecule has 1 N–H and O–H groups in total. The molecule has 7 nitrogen and oxygen atoms in total. The van der Waals surface area contributed by atoms with Crippen LogP contribution < -0.4 is 10.1 Å². The van der Waals surface area contributed by atoms with E-state index >= 15 is 0 Å². The summed E-state index contributed by atoms with van der Waals surface area (Å²) in [5.74, 6) is -0.429. The minimum atomic E-state index is -4.40. The molecular formula is C19H23ClF3N3O4. The summed E-state index contributed by atoms with van der Waals surface area (Å²) in [5.41, 5.74) is 0.959. The zero-order valence-corrected chi connectivity index (χ0v) is 17.7. The lowest BCUT2D eigenvalue weighted by Crippen LogP contribution is -2.33. The highest BCUT2D eigenvalue weighted by Gasteiger charge is 2.36. The number of anilines is 1. The van der Waals surface area contributed by atoms with Gasteiger partial charge in [-0.05, 0) is 26.0 Å². The highest BCUT2D eigenvalue weighted by molar-refractivity contribution is 6.36. The quantitative estimate of drug-likeness (QED) is 0.572. The van der Waals surface area contributed by atoms with Crippen LogP contribution in [0.15, 0.2) is 18.2 Å². The second-order valence-electron chi connectivity index (χ2n) is 6.27. The topological polar surface area (TPSA) is 74.6 Å². The van der Waals surface area contributed by atoms with Crippen LogP contribution >= 0.6 is 11.6 Å². The summed E-state index contributed by atoms with van der Waals surface area (Å²) < 4.78 is 55.5. The SMILES string of the molecule is CCOC(=O)c1nn(CCOC)c(-c2ccc(NC(C)C(F)(F)F)cc2OC)c1Cl. The van der Waals surface area contributed by atoms with Crippen molar-refractivity contribution in [2.45, 2.75) is 32.6 Å². The van der Waals surface area contributed by atoms with Gasteiger partial charge in [-0.1, -0.05) is 11.6 Å². The predicted molar refractivity (Wildman–Crippen MR) is 106 cm³/mol. The number of carbonyl (C=O) groups is 1. The number of nitrogens with zero attached hydrogens (tertiary/aromatic N) is 2. The van der Waals surface area contributed by atoms with Crippen molar-refractivity contribution in [2.75, 3.05) is 32.8 Å². The third-order valence-corrected chi connectivity index (χ3v) is 4.56. The Kier molecular flexibility index (Phi) is 7.96. The van der Waals surface area contributed by atoms with Crippen molar-refractivity contribution < 1.29 is 32.2 Å². The van der Waals surface area contributed by atoms with Crippen molar-refractivity contribution in [2.24, 2.45) is 0 Å². The Morgan fingerprint density at radius 2 is 2.03 bits per heavy atom. The number of carbonyl (C=O) groups excluding carboxylic acids is 1. The van der Waals surface area contributed by atoms with E-state index in [1.807, 2.05) is 0 Å². The lowest BCUT2D eigenvalue weighted by molar-refractivity contribution is -0.138. The summed E-state index contributed by atoms with van der Waals surface area (Å²) in [6, 6.07) is 2.68. The van der Waals surface area contributed by atoms with Crippen LogP contribution in [-0.2, 0) is 16.0 Å². The molecule has 1 atom stereocenters. The number of hydrogen-bond acceptors (Lipinski definition) is 6. The number of ether oxygens (including phenoxy) is 3. The van der Waals surface area contributed by atoms with Crippen LogP contribution in [0, 0.1) is 0 Å². The molecule has 0 radical (unpaired) electrons. The average molecular weight is 450 g/mol. The summed E-state index contributed by atoms with van der Waals surface area (Å²) >= 11 is 6.44. The molecule has 1 heterocycles. The first kappa shape index (κ1) is 23.8. The highest BCUT2D eigenvalue weighted by atomic mass is 35.5. The Hall–Kier alpha value is -2.46. The maximum atomic E-state index is 12.8. The molecule has 0 saturated carbocycles. The van der Waals surface area contributed by atoms with Crippen molar-refractivity contribution in [3.05, 3.63) is 28.9 Å². The number of esters is 1. The van der Waals surface area contributed by atoms with Gasteiger partial charge in [0.2, 0.25) is 0 Å². The minimum absolute atomic E-state index is 0.0484. The van der Waals surface area contributed by atoms with Gasteiger partial charge in [0, 0.05) is 24.4 Å². The Bertz CT molecular complexity index is 887. The van der Waals surface area contributed by atoms with Crippen molar-refractivity contribution in [3.8, 4) is 17.0 Å². The van der Waals surface area contributed by atoms with Crippen molar-refractivity contribution in [1.29, 1.82) is 0 Å². The van der Waals surface area contributed by atoms with E-state index in [9.17, 15) is 18.0 Å². The first-order valence-electron chi connectivity index (χ1n) is 9.08. The largest absolute Gasteiger partial charge is 0.496 e. The zero-order chi connectivity index (χ0) is 22.5. The maximum absolute atomic E-state index is 12.8. The van der Waals surface area contributed by atoms with Gasteiger partial charge in [0.05, 0.1) is 32.6 Å². The third kappa shape index (κ3) is 5.37. The fraction of sp³-hybridized carbons (Fsp3) is 0.474. The van der Waals surface area contributed by atoms with Gasteiger partial charge >= 0.3 is 12.1 Å². The van der Waals surface area contributed by atoms with Gasteiger partial charge in [-0.3, -0.25) is 4.68 Å². The Morgan fingerprint density at radius 1 is 1.33 bits per heavy atom. The minimum Gasteiger partial charge on any atom is -0.496 e. The van der Waals surface area contributed by atoms with Crippen LogP contribution in [0.3, 0.4) is 0 Å². The lowest BCUT2D eigenvalue weighted by Gasteiger charge is -2.19. The Labute approximate surface area is 177 Å². The van der Waals surface area contributed by atoms with Gasteiger partial charge in [-0.25, -0.2) is 4.79 Å². The van der Waals surface area contributed by atoms with E-state index in [2.05, 4.69) is 10.4 Å². The number of rotatable bonds is 9. The second-order valence-corrected chi connectivity index (χ2v) is 6.65. The second kappa shape index (κ2) is 10.0. The molecule has 1 unspecified atom stereocenters.